The van der Waals surface area contributed by atoms with Gasteiger partial charge in [0.2, 0.25) is 0 Å². The molecule has 1 saturated heterocycles. The third-order valence-corrected chi connectivity index (χ3v) is 3.74. The van der Waals surface area contributed by atoms with Crippen LogP contribution in [-0.2, 0) is 4.74 Å². The molecule has 1 atom stereocenters. The first-order valence-electron chi connectivity index (χ1n) is 6.19. The molecule has 0 amide bonds. The van der Waals surface area contributed by atoms with Gasteiger partial charge in [-0.2, -0.15) is 0 Å². The molecule has 1 aromatic rings. The Kier molecular flexibility index (Phi) is 5.12. The summed E-state index contributed by atoms with van der Waals surface area (Å²) >= 11 is 3.27. The van der Waals surface area contributed by atoms with Crippen molar-refractivity contribution in [3.05, 3.63) is 34.1 Å². The highest BCUT2D eigenvalue weighted by Crippen LogP contribution is 2.25. The lowest BCUT2D eigenvalue weighted by Gasteiger charge is -2.29. The van der Waals surface area contributed by atoms with Crippen LogP contribution in [0.25, 0.3) is 0 Å². The van der Waals surface area contributed by atoms with Crippen LogP contribution in [0.3, 0.4) is 0 Å². The summed E-state index contributed by atoms with van der Waals surface area (Å²) < 4.78 is 20.2. The second kappa shape index (κ2) is 6.61. The fourth-order valence-electron chi connectivity index (χ4n) is 2.32. The third kappa shape index (κ3) is 3.29. The van der Waals surface area contributed by atoms with Crippen molar-refractivity contribution in [3.8, 4) is 0 Å². The average Bonchev–Trinajstić information content (AvgIpc) is 2.62. The molecule has 1 aliphatic heterocycles. The van der Waals surface area contributed by atoms with Crippen LogP contribution in [0, 0.1) is 5.82 Å². The van der Waals surface area contributed by atoms with E-state index >= 15 is 0 Å². The van der Waals surface area contributed by atoms with Crippen molar-refractivity contribution in [1.82, 2.24) is 4.90 Å². The van der Waals surface area contributed by atoms with Gasteiger partial charge in [-0.15, -0.1) is 0 Å². The Bertz CT molecular complexity index is 395. The number of nitrogens with zero attached hydrogens (tertiary/aromatic N) is 1. The van der Waals surface area contributed by atoms with Gasteiger partial charge in [0.1, 0.15) is 5.82 Å². The van der Waals surface area contributed by atoms with Crippen molar-refractivity contribution in [1.29, 1.82) is 0 Å². The van der Waals surface area contributed by atoms with E-state index in [4.69, 9.17) is 10.5 Å². The lowest BCUT2D eigenvalue weighted by atomic mass is 10.0. The zero-order valence-corrected chi connectivity index (χ0v) is 11.8. The Labute approximate surface area is 115 Å². The van der Waals surface area contributed by atoms with Gasteiger partial charge in [0.25, 0.3) is 0 Å². The van der Waals surface area contributed by atoms with E-state index in [0.29, 0.717) is 18.7 Å². The van der Waals surface area contributed by atoms with Crippen LogP contribution in [-0.4, -0.2) is 37.7 Å². The summed E-state index contributed by atoms with van der Waals surface area (Å²) in [6.45, 7) is 3.58. The standard InChI is InChI=1S/C13H18BrFN2O/c14-10-2-3-11(12(15)8-10)13(9-16)17-4-1-6-18-7-5-17/h2-3,8,13H,1,4-7,9,16H2. The molecule has 0 spiro atoms. The van der Waals surface area contributed by atoms with Crippen molar-refractivity contribution in [2.75, 3.05) is 32.8 Å². The first-order chi connectivity index (χ1) is 8.72. The van der Waals surface area contributed by atoms with Crippen molar-refractivity contribution in [2.45, 2.75) is 12.5 Å². The van der Waals surface area contributed by atoms with Crippen LogP contribution in [0.4, 0.5) is 4.39 Å². The predicted octanol–water partition coefficient (Wildman–Crippen LogP) is 2.31. The quantitative estimate of drug-likeness (QED) is 0.930. The van der Waals surface area contributed by atoms with Crippen LogP contribution in [0.1, 0.15) is 18.0 Å². The molecule has 1 heterocycles. The molecule has 3 nitrogen and oxygen atoms in total. The van der Waals surface area contributed by atoms with Gasteiger partial charge in [0.05, 0.1) is 6.61 Å². The molecule has 2 rings (SSSR count). The first-order valence-corrected chi connectivity index (χ1v) is 6.98. The van der Waals surface area contributed by atoms with E-state index in [1.54, 1.807) is 0 Å². The fraction of sp³-hybridized carbons (Fsp3) is 0.538. The number of rotatable bonds is 3. The van der Waals surface area contributed by atoms with Crippen LogP contribution in [0.5, 0.6) is 0 Å². The summed E-state index contributed by atoms with van der Waals surface area (Å²) in [7, 11) is 0. The summed E-state index contributed by atoms with van der Waals surface area (Å²) in [5.41, 5.74) is 6.50. The molecule has 18 heavy (non-hydrogen) atoms. The monoisotopic (exact) mass is 316 g/mol. The van der Waals surface area contributed by atoms with Gasteiger partial charge in [-0.1, -0.05) is 22.0 Å². The molecule has 0 bridgehead atoms. The van der Waals surface area contributed by atoms with Gasteiger partial charge in [0.15, 0.2) is 0 Å². The lowest BCUT2D eigenvalue weighted by molar-refractivity contribution is 0.132. The van der Waals surface area contributed by atoms with E-state index in [9.17, 15) is 4.39 Å². The minimum absolute atomic E-state index is 0.0696. The number of hydrogen-bond acceptors (Lipinski definition) is 3. The molecule has 0 saturated carbocycles. The van der Waals surface area contributed by atoms with Crippen molar-refractivity contribution in [2.24, 2.45) is 5.73 Å². The minimum atomic E-state index is -0.204. The summed E-state index contributed by atoms with van der Waals surface area (Å²) in [6.07, 6.45) is 0.967. The number of hydrogen-bond donors (Lipinski definition) is 1. The van der Waals surface area contributed by atoms with Gasteiger partial charge in [0, 0.05) is 42.3 Å². The molecule has 1 aliphatic rings. The van der Waals surface area contributed by atoms with Crippen molar-refractivity contribution in [3.63, 3.8) is 0 Å². The summed E-state index contributed by atoms with van der Waals surface area (Å²) in [5.74, 6) is -0.204. The first kappa shape index (κ1) is 13.9. The molecule has 1 aromatic carbocycles. The maximum absolute atomic E-state index is 14.0. The number of halogens is 2. The second-order valence-electron chi connectivity index (χ2n) is 4.42. The zero-order chi connectivity index (χ0) is 13.0. The molecule has 0 radical (unpaired) electrons. The molecule has 1 unspecified atom stereocenters. The number of nitrogens with two attached hydrogens (primary N) is 1. The van der Waals surface area contributed by atoms with Crippen LogP contribution in [0.15, 0.2) is 22.7 Å². The van der Waals surface area contributed by atoms with E-state index in [1.807, 2.05) is 12.1 Å². The van der Waals surface area contributed by atoms with Gasteiger partial charge in [-0.25, -0.2) is 4.39 Å². The Balaban J connectivity index is 2.20. The number of benzene rings is 1. The van der Waals surface area contributed by atoms with E-state index < -0.39 is 0 Å². The highest BCUT2D eigenvalue weighted by atomic mass is 79.9. The Hall–Kier alpha value is -0.490. The molecule has 0 aromatic heterocycles. The summed E-state index contributed by atoms with van der Waals surface area (Å²) in [5, 5.41) is 0. The molecule has 5 heteroatoms. The Morgan fingerprint density at radius 2 is 2.22 bits per heavy atom. The van der Waals surface area contributed by atoms with Crippen LogP contribution >= 0.6 is 15.9 Å². The molecular weight excluding hydrogens is 299 g/mol. The molecule has 1 fully saturated rings. The predicted molar refractivity (Wildman–Crippen MR) is 72.9 cm³/mol. The lowest BCUT2D eigenvalue weighted by Crippen LogP contribution is -2.36. The topological polar surface area (TPSA) is 38.5 Å². The highest BCUT2D eigenvalue weighted by Gasteiger charge is 2.22. The summed E-state index contributed by atoms with van der Waals surface area (Å²) in [6, 6.07) is 5.09. The van der Waals surface area contributed by atoms with Gasteiger partial charge < -0.3 is 10.5 Å². The van der Waals surface area contributed by atoms with E-state index in [2.05, 4.69) is 20.8 Å². The van der Waals surface area contributed by atoms with Gasteiger partial charge in [-0.05, 0) is 18.6 Å². The van der Waals surface area contributed by atoms with Gasteiger partial charge >= 0.3 is 0 Å². The molecular formula is C13H18BrFN2O. The smallest absolute Gasteiger partial charge is 0.129 e. The van der Waals surface area contributed by atoms with E-state index in [0.717, 1.165) is 30.6 Å². The zero-order valence-electron chi connectivity index (χ0n) is 10.2. The summed E-state index contributed by atoms with van der Waals surface area (Å²) in [4.78, 5) is 2.21. The Morgan fingerprint density at radius 3 is 2.94 bits per heavy atom. The largest absolute Gasteiger partial charge is 0.380 e. The average molecular weight is 317 g/mol. The normalized spacial score (nSPS) is 19.5. The maximum atomic E-state index is 14.0. The molecule has 2 N–H and O–H groups in total. The molecule has 0 aliphatic carbocycles. The SMILES string of the molecule is NCC(c1ccc(Br)cc1F)N1CCCOCC1. The Morgan fingerprint density at radius 1 is 1.39 bits per heavy atom. The van der Waals surface area contributed by atoms with Crippen LogP contribution < -0.4 is 5.73 Å². The number of ether oxygens (including phenoxy) is 1. The maximum Gasteiger partial charge on any atom is 0.129 e. The van der Waals surface area contributed by atoms with E-state index in [1.165, 1.54) is 6.07 Å². The van der Waals surface area contributed by atoms with Crippen molar-refractivity contribution >= 4 is 15.9 Å². The van der Waals surface area contributed by atoms with Crippen LogP contribution in [0.2, 0.25) is 0 Å². The second-order valence-corrected chi connectivity index (χ2v) is 5.33. The minimum Gasteiger partial charge on any atom is -0.380 e. The highest BCUT2D eigenvalue weighted by molar-refractivity contribution is 9.10. The van der Waals surface area contributed by atoms with Gasteiger partial charge in [-0.3, -0.25) is 4.90 Å². The van der Waals surface area contributed by atoms with E-state index in [-0.39, 0.29) is 11.9 Å². The third-order valence-electron chi connectivity index (χ3n) is 3.24. The van der Waals surface area contributed by atoms with Crippen molar-refractivity contribution < 1.29 is 9.13 Å². The fourth-order valence-corrected chi connectivity index (χ4v) is 2.65. The molecule has 100 valence electrons.